The van der Waals surface area contributed by atoms with Crippen LogP contribution in [0.2, 0.25) is 0 Å². The second kappa shape index (κ2) is 6.34. The number of alkyl halides is 8. The average Bonchev–Trinajstić information content (AvgIpc) is 2.72. The summed E-state index contributed by atoms with van der Waals surface area (Å²) in [5.74, 6) is -6.15. The molecule has 1 aromatic rings. The summed E-state index contributed by atoms with van der Waals surface area (Å²) >= 11 is 0. The summed E-state index contributed by atoms with van der Waals surface area (Å²) in [6.45, 7) is -1.19. The van der Waals surface area contributed by atoms with Crippen molar-refractivity contribution < 1.29 is 45.0 Å². The van der Waals surface area contributed by atoms with Crippen LogP contribution in [0.4, 0.5) is 35.1 Å². The van der Waals surface area contributed by atoms with Crippen molar-refractivity contribution in [1.29, 1.82) is 0 Å². The molecule has 0 aromatic carbocycles. The summed E-state index contributed by atoms with van der Waals surface area (Å²) in [6, 6.07) is 0. The number of hydrogen-bond acceptors (Lipinski definition) is 3. The van der Waals surface area contributed by atoms with Gasteiger partial charge in [0.15, 0.2) is 12.3 Å². The fourth-order valence-electron chi connectivity index (χ4n) is 2.32. The van der Waals surface area contributed by atoms with Gasteiger partial charge in [0.2, 0.25) is 0 Å². The molecule has 1 aliphatic rings. The topological polar surface area (TPSA) is 42.4 Å². The predicted octanol–water partition coefficient (Wildman–Crippen LogP) is 3.87. The minimum Gasteiger partial charge on any atom is -0.491 e. The second-order valence-corrected chi connectivity index (χ2v) is 5.05. The first kappa shape index (κ1) is 18.7. The highest BCUT2D eigenvalue weighted by molar-refractivity contribution is 5.50. The van der Waals surface area contributed by atoms with Crippen molar-refractivity contribution in [3.05, 3.63) is 23.0 Å². The highest BCUT2D eigenvalue weighted by Gasteiger charge is 2.63. The number of aliphatic hydroxyl groups excluding tert-OH is 1. The van der Waals surface area contributed by atoms with Gasteiger partial charge in [0.05, 0.1) is 19.5 Å². The van der Waals surface area contributed by atoms with E-state index in [0.717, 1.165) is 0 Å². The van der Waals surface area contributed by atoms with Gasteiger partial charge in [-0.15, -0.1) is 0 Å². The normalized spacial score (nSPS) is 24.1. The van der Waals surface area contributed by atoms with Gasteiger partial charge in [-0.05, 0) is 0 Å². The molecule has 0 amide bonds. The first-order chi connectivity index (χ1) is 11.0. The largest absolute Gasteiger partial charge is 0.491 e. The van der Waals surface area contributed by atoms with Crippen LogP contribution in [0.1, 0.15) is 35.5 Å². The Bertz CT molecular complexity index is 606. The lowest BCUT2D eigenvalue weighted by molar-refractivity contribution is -0.291. The van der Waals surface area contributed by atoms with E-state index in [1.165, 1.54) is 0 Å². The Labute approximate surface area is 130 Å². The number of hydrogen-bond donors (Lipinski definition) is 1. The van der Waals surface area contributed by atoms with Crippen molar-refractivity contribution in [2.45, 2.75) is 37.0 Å². The SMILES string of the molecule is O[C@H]1c2c(C(F)(F)C(F)(F)F)ncc(OCCCF)c2[C@@H](F)[C@H]1F. The first-order valence-corrected chi connectivity index (χ1v) is 6.66. The minimum atomic E-state index is -6.08. The van der Waals surface area contributed by atoms with Crippen LogP contribution in [0.3, 0.4) is 0 Å². The number of aromatic nitrogens is 1. The fraction of sp³-hybridized carbons (Fsp3) is 0.615. The Balaban J connectivity index is 2.58. The molecule has 0 bridgehead atoms. The van der Waals surface area contributed by atoms with E-state index in [1.807, 2.05) is 0 Å². The molecule has 0 spiro atoms. The Morgan fingerprint density at radius 2 is 1.75 bits per heavy atom. The third-order valence-electron chi connectivity index (χ3n) is 3.46. The lowest BCUT2D eigenvalue weighted by Crippen LogP contribution is -2.36. The zero-order valence-electron chi connectivity index (χ0n) is 11.8. The molecule has 3 atom stereocenters. The summed E-state index contributed by atoms with van der Waals surface area (Å²) in [5, 5.41) is 9.55. The van der Waals surface area contributed by atoms with Gasteiger partial charge in [-0.2, -0.15) is 22.0 Å². The van der Waals surface area contributed by atoms with Gasteiger partial charge >= 0.3 is 12.1 Å². The molecule has 0 saturated carbocycles. The van der Waals surface area contributed by atoms with Gasteiger partial charge in [-0.3, -0.25) is 9.37 Å². The van der Waals surface area contributed by atoms with E-state index < -0.39 is 59.8 Å². The van der Waals surface area contributed by atoms with Gasteiger partial charge in [-0.25, -0.2) is 8.78 Å². The van der Waals surface area contributed by atoms with Crippen LogP contribution in [0.15, 0.2) is 6.20 Å². The summed E-state index contributed by atoms with van der Waals surface area (Å²) in [6.07, 6.45) is -13.9. The van der Waals surface area contributed by atoms with Gasteiger partial charge in [-0.1, -0.05) is 0 Å². The first-order valence-electron chi connectivity index (χ1n) is 6.66. The fourth-order valence-corrected chi connectivity index (χ4v) is 2.32. The van der Waals surface area contributed by atoms with Crippen molar-refractivity contribution in [3.63, 3.8) is 0 Å². The molecule has 2 rings (SSSR count). The number of halogens is 8. The van der Waals surface area contributed by atoms with Crippen LogP contribution in [0.25, 0.3) is 0 Å². The van der Waals surface area contributed by atoms with Crippen molar-refractivity contribution in [2.24, 2.45) is 0 Å². The van der Waals surface area contributed by atoms with Crippen LogP contribution in [-0.2, 0) is 5.92 Å². The van der Waals surface area contributed by atoms with Crippen molar-refractivity contribution in [2.75, 3.05) is 13.3 Å². The van der Waals surface area contributed by atoms with E-state index in [0.29, 0.717) is 6.20 Å². The maximum atomic E-state index is 14.0. The number of pyridine rings is 1. The van der Waals surface area contributed by atoms with E-state index in [9.17, 15) is 40.2 Å². The molecule has 1 aromatic heterocycles. The molecule has 0 radical (unpaired) electrons. The van der Waals surface area contributed by atoms with Gasteiger partial charge in [0.1, 0.15) is 17.5 Å². The molecule has 0 unspecified atom stereocenters. The quantitative estimate of drug-likeness (QED) is 0.636. The molecule has 1 aliphatic carbocycles. The Morgan fingerprint density at radius 1 is 1.12 bits per heavy atom. The number of ether oxygens (including phenoxy) is 1. The van der Waals surface area contributed by atoms with Gasteiger partial charge in [0, 0.05) is 17.5 Å². The number of fused-ring (bicyclic) bond motifs is 1. The highest BCUT2D eigenvalue weighted by atomic mass is 19.4. The smallest absolute Gasteiger partial charge is 0.459 e. The predicted molar refractivity (Wildman–Crippen MR) is 64.0 cm³/mol. The van der Waals surface area contributed by atoms with E-state index >= 15 is 0 Å². The zero-order chi connectivity index (χ0) is 18.3. The van der Waals surface area contributed by atoms with Crippen LogP contribution in [0, 0.1) is 0 Å². The van der Waals surface area contributed by atoms with Crippen LogP contribution >= 0.6 is 0 Å². The summed E-state index contributed by atoms with van der Waals surface area (Å²) in [4.78, 5) is 2.90. The van der Waals surface area contributed by atoms with Crippen LogP contribution < -0.4 is 4.74 Å². The Kier molecular flexibility index (Phi) is 4.93. The summed E-state index contributed by atoms with van der Waals surface area (Å²) in [5.41, 5.74) is -4.25. The van der Waals surface area contributed by atoms with Crippen LogP contribution in [-0.4, -0.2) is 35.7 Å². The summed E-state index contributed by atoms with van der Waals surface area (Å²) in [7, 11) is 0. The van der Waals surface area contributed by atoms with Crippen LogP contribution in [0.5, 0.6) is 5.75 Å². The number of nitrogens with zero attached hydrogens (tertiary/aromatic N) is 1. The van der Waals surface area contributed by atoms with E-state index in [-0.39, 0.29) is 13.0 Å². The lowest BCUT2D eigenvalue weighted by Gasteiger charge is -2.23. The van der Waals surface area contributed by atoms with Gasteiger partial charge in [0.25, 0.3) is 0 Å². The third kappa shape index (κ3) is 2.89. The highest BCUT2D eigenvalue weighted by Crippen LogP contribution is 2.53. The van der Waals surface area contributed by atoms with Gasteiger partial charge < -0.3 is 9.84 Å². The van der Waals surface area contributed by atoms with E-state index in [4.69, 9.17) is 4.74 Å². The molecule has 24 heavy (non-hydrogen) atoms. The molecular weight excluding hydrogens is 354 g/mol. The average molecular weight is 365 g/mol. The van der Waals surface area contributed by atoms with Crippen molar-refractivity contribution in [3.8, 4) is 5.75 Å². The monoisotopic (exact) mass is 365 g/mol. The molecule has 0 aliphatic heterocycles. The molecular formula is C13H11F8NO2. The molecule has 3 nitrogen and oxygen atoms in total. The second-order valence-electron chi connectivity index (χ2n) is 5.05. The number of rotatable bonds is 5. The van der Waals surface area contributed by atoms with Crippen molar-refractivity contribution >= 4 is 0 Å². The summed E-state index contributed by atoms with van der Waals surface area (Å²) < 4.78 is 109. The van der Waals surface area contributed by atoms with E-state index in [1.54, 1.807) is 0 Å². The molecule has 1 heterocycles. The maximum absolute atomic E-state index is 14.0. The third-order valence-corrected chi connectivity index (χ3v) is 3.46. The molecule has 1 N–H and O–H groups in total. The lowest BCUT2D eigenvalue weighted by atomic mass is 10.0. The Morgan fingerprint density at radius 3 is 2.29 bits per heavy atom. The molecule has 11 heteroatoms. The standard InChI is InChI=1S/C13H11F8NO2/c14-2-1-3-24-5-4-22-11(12(17,18)13(19,20)21)7-6(5)8(15)9(16)10(7)23/h4,8-10,23H,1-3H2/t8-,9-,10+/m1/s1. The molecule has 0 fully saturated rings. The minimum absolute atomic E-state index is 0.173. The van der Waals surface area contributed by atoms with Crippen molar-refractivity contribution in [1.82, 2.24) is 4.98 Å². The molecule has 136 valence electrons. The Hall–Kier alpha value is -1.65. The number of aliphatic hydroxyl groups is 1. The maximum Gasteiger partial charge on any atom is 0.459 e. The zero-order valence-corrected chi connectivity index (χ0v) is 11.8. The molecule has 0 saturated heterocycles. The van der Waals surface area contributed by atoms with E-state index in [2.05, 4.69) is 4.98 Å².